The maximum absolute atomic E-state index is 11.6. The standard InChI is InChI=1S/C12H12ClNO4/c1-2-17-11(15)10(7-14)12(16)18-9-5-3-8(13)4-6-9/h3-7H,2,14H2,1H3. The van der Waals surface area contributed by atoms with Crippen molar-refractivity contribution in [3.63, 3.8) is 0 Å². The van der Waals surface area contributed by atoms with Gasteiger partial charge in [0.05, 0.1) is 6.61 Å². The molecule has 0 saturated heterocycles. The van der Waals surface area contributed by atoms with Crippen molar-refractivity contribution < 1.29 is 19.1 Å². The smallest absolute Gasteiger partial charge is 0.352 e. The number of ether oxygens (including phenoxy) is 2. The van der Waals surface area contributed by atoms with Gasteiger partial charge in [-0.2, -0.15) is 0 Å². The first kappa shape index (κ1) is 14.1. The number of esters is 2. The third-order valence-corrected chi connectivity index (χ3v) is 2.16. The third-order valence-electron chi connectivity index (χ3n) is 1.91. The number of carbonyl (C=O) groups excluding carboxylic acids is 2. The Morgan fingerprint density at radius 3 is 2.39 bits per heavy atom. The summed E-state index contributed by atoms with van der Waals surface area (Å²) < 4.78 is 9.61. The molecule has 0 spiro atoms. The van der Waals surface area contributed by atoms with Crippen molar-refractivity contribution in [1.82, 2.24) is 0 Å². The molecule has 96 valence electrons. The highest BCUT2D eigenvalue weighted by atomic mass is 35.5. The van der Waals surface area contributed by atoms with Gasteiger partial charge in [0.1, 0.15) is 5.75 Å². The van der Waals surface area contributed by atoms with Crippen molar-refractivity contribution in [2.24, 2.45) is 5.73 Å². The normalized spacial score (nSPS) is 10.9. The number of carbonyl (C=O) groups is 2. The summed E-state index contributed by atoms with van der Waals surface area (Å²) in [6.07, 6.45) is 0.857. The van der Waals surface area contributed by atoms with E-state index >= 15 is 0 Å². The summed E-state index contributed by atoms with van der Waals surface area (Å²) in [5.74, 6) is -1.44. The Kier molecular flexibility index (Phi) is 5.20. The summed E-state index contributed by atoms with van der Waals surface area (Å²) in [5, 5.41) is 0.509. The average molecular weight is 270 g/mol. The van der Waals surface area contributed by atoms with E-state index in [0.29, 0.717) is 5.02 Å². The highest BCUT2D eigenvalue weighted by Crippen LogP contribution is 2.16. The third kappa shape index (κ3) is 3.78. The van der Waals surface area contributed by atoms with Crippen LogP contribution in [-0.2, 0) is 14.3 Å². The number of hydrogen-bond acceptors (Lipinski definition) is 5. The van der Waals surface area contributed by atoms with Gasteiger partial charge in [0, 0.05) is 11.2 Å². The van der Waals surface area contributed by atoms with Gasteiger partial charge in [0.2, 0.25) is 0 Å². The van der Waals surface area contributed by atoms with Crippen LogP contribution in [0.1, 0.15) is 6.92 Å². The molecule has 0 aliphatic carbocycles. The second-order valence-electron chi connectivity index (χ2n) is 3.14. The molecule has 0 aliphatic heterocycles. The van der Waals surface area contributed by atoms with Gasteiger partial charge in [0.15, 0.2) is 5.57 Å². The van der Waals surface area contributed by atoms with Gasteiger partial charge >= 0.3 is 11.9 Å². The van der Waals surface area contributed by atoms with E-state index < -0.39 is 11.9 Å². The minimum atomic E-state index is -0.877. The molecule has 0 atom stereocenters. The minimum absolute atomic E-state index is 0.143. The van der Waals surface area contributed by atoms with Crippen LogP contribution >= 0.6 is 11.6 Å². The largest absolute Gasteiger partial charge is 0.462 e. The Balaban J connectivity index is 2.75. The fourth-order valence-electron chi connectivity index (χ4n) is 1.09. The molecule has 0 aromatic heterocycles. The maximum Gasteiger partial charge on any atom is 0.352 e. The molecule has 0 radical (unpaired) electrons. The van der Waals surface area contributed by atoms with E-state index in [1.165, 1.54) is 12.1 Å². The molecule has 2 N–H and O–H groups in total. The van der Waals surface area contributed by atoms with Crippen LogP contribution in [0.15, 0.2) is 36.0 Å². The Hall–Kier alpha value is -2.01. The van der Waals surface area contributed by atoms with Crippen molar-refractivity contribution in [3.8, 4) is 5.75 Å². The molecule has 6 heteroatoms. The summed E-state index contributed by atoms with van der Waals surface area (Å²) in [5.41, 5.74) is 4.84. The topological polar surface area (TPSA) is 78.6 Å². The zero-order chi connectivity index (χ0) is 13.5. The number of hydrogen-bond donors (Lipinski definition) is 1. The van der Waals surface area contributed by atoms with Gasteiger partial charge in [-0.15, -0.1) is 0 Å². The molecule has 1 aromatic carbocycles. The Morgan fingerprint density at radius 2 is 1.89 bits per heavy atom. The zero-order valence-electron chi connectivity index (χ0n) is 9.68. The SMILES string of the molecule is CCOC(=O)C(=CN)C(=O)Oc1ccc(Cl)cc1. The van der Waals surface area contributed by atoms with Gasteiger partial charge in [-0.1, -0.05) is 11.6 Å². The molecule has 0 fully saturated rings. The van der Waals surface area contributed by atoms with Gasteiger partial charge in [-0.05, 0) is 31.2 Å². The molecule has 0 bridgehead atoms. The first-order valence-electron chi connectivity index (χ1n) is 5.15. The predicted molar refractivity (Wildman–Crippen MR) is 66.0 cm³/mol. The summed E-state index contributed by atoms with van der Waals surface area (Å²) in [7, 11) is 0. The van der Waals surface area contributed by atoms with Crippen LogP contribution in [0, 0.1) is 0 Å². The summed E-state index contributed by atoms with van der Waals surface area (Å²) in [6, 6.07) is 6.11. The van der Waals surface area contributed by atoms with Crippen LogP contribution in [0.5, 0.6) is 5.75 Å². The van der Waals surface area contributed by atoms with E-state index in [9.17, 15) is 9.59 Å². The molecule has 1 rings (SSSR count). The molecule has 0 amide bonds. The maximum atomic E-state index is 11.6. The van der Waals surface area contributed by atoms with Crippen LogP contribution in [-0.4, -0.2) is 18.5 Å². The Labute approximate surface area is 109 Å². The van der Waals surface area contributed by atoms with E-state index in [1.807, 2.05) is 0 Å². The summed E-state index contributed by atoms with van der Waals surface area (Å²) in [4.78, 5) is 23.0. The molecule has 0 saturated carbocycles. The number of halogens is 1. The first-order chi connectivity index (χ1) is 8.58. The first-order valence-corrected chi connectivity index (χ1v) is 5.53. The highest BCUT2D eigenvalue weighted by molar-refractivity contribution is 6.30. The van der Waals surface area contributed by atoms with Crippen LogP contribution < -0.4 is 10.5 Å². The van der Waals surface area contributed by atoms with Crippen molar-refractivity contribution in [1.29, 1.82) is 0 Å². The van der Waals surface area contributed by atoms with Crippen LogP contribution in [0.25, 0.3) is 0 Å². The lowest BCUT2D eigenvalue weighted by molar-refractivity contribution is -0.143. The molecular formula is C12H12ClNO4. The lowest BCUT2D eigenvalue weighted by Gasteiger charge is -2.06. The Morgan fingerprint density at radius 1 is 1.28 bits per heavy atom. The second-order valence-corrected chi connectivity index (χ2v) is 3.58. The molecule has 0 heterocycles. The van der Waals surface area contributed by atoms with Crippen molar-refractivity contribution in [2.45, 2.75) is 6.92 Å². The number of rotatable bonds is 4. The lowest BCUT2D eigenvalue weighted by atomic mass is 10.3. The van der Waals surface area contributed by atoms with Gasteiger partial charge in [0.25, 0.3) is 0 Å². The molecule has 0 unspecified atom stereocenters. The zero-order valence-corrected chi connectivity index (χ0v) is 10.4. The van der Waals surface area contributed by atoms with Gasteiger partial charge in [-0.25, -0.2) is 9.59 Å². The van der Waals surface area contributed by atoms with E-state index in [1.54, 1.807) is 19.1 Å². The summed E-state index contributed by atoms with van der Waals surface area (Å²) >= 11 is 5.68. The molecule has 18 heavy (non-hydrogen) atoms. The van der Waals surface area contributed by atoms with Crippen molar-refractivity contribution in [2.75, 3.05) is 6.61 Å². The number of nitrogens with two attached hydrogens (primary N) is 1. The minimum Gasteiger partial charge on any atom is -0.462 e. The molecule has 5 nitrogen and oxygen atoms in total. The highest BCUT2D eigenvalue weighted by Gasteiger charge is 2.21. The molecule has 0 aliphatic rings. The fraction of sp³-hybridized carbons (Fsp3) is 0.167. The fourth-order valence-corrected chi connectivity index (χ4v) is 1.22. The van der Waals surface area contributed by atoms with E-state index in [-0.39, 0.29) is 17.9 Å². The van der Waals surface area contributed by atoms with Gasteiger partial charge < -0.3 is 15.2 Å². The molecule has 1 aromatic rings. The van der Waals surface area contributed by atoms with Crippen molar-refractivity contribution in [3.05, 3.63) is 41.1 Å². The van der Waals surface area contributed by atoms with Crippen LogP contribution in [0.3, 0.4) is 0 Å². The van der Waals surface area contributed by atoms with Crippen LogP contribution in [0.4, 0.5) is 0 Å². The van der Waals surface area contributed by atoms with Crippen molar-refractivity contribution >= 4 is 23.5 Å². The average Bonchev–Trinajstić information content (AvgIpc) is 2.33. The lowest BCUT2D eigenvalue weighted by Crippen LogP contribution is -2.21. The van der Waals surface area contributed by atoms with E-state index in [4.69, 9.17) is 22.1 Å². The van der Waals surface area contributed by atoms with Gasteiger partial charge in [-0.3, -0.25) is 0 Å². The monoisotopic (exact) mass is 269 g/mol. The summed E-state index contributed by atoms with van der Waals surface area (Å²) in [6.45, 7) is 1.76. The molecular weight excluding hydrogens is 258 g/mol. The predicted octanol–water partition coefficient (Wildman–Crippen LogP) is 1.65. The number of benzene rings is 1. The van der Waals surface area contributed by atoms with E-state index in [2.05, 4.69) is 4.74 Å². The quantitative estimate of drug-likeness (QED) is 0.296. The second kappa shape index (κ2) is 6.66. The van der Waals surface area contributed by atoms with Crippen LogP contribution in [0.2, 0.25) is 5.02 Å². The van der Waals surface area contributed by atoms with E-state index in [0.717, 1.165) is 6.20 Å². The Bertz CT molecular complexity index is 467.